The number of hydrogen-bond donors (Lipinski definition) is 1. The molecule has 29 heavy (non-hydrogen) atoms. The van der Waals surface area contributed by atoms with E-state index < -0.39 is 12.3 Å². The third kappa shape index (κ3) is 6.97. The average molecular weight is 399 g/mol. The Hall–Kier alpha value is -2.20. The van der Waals surface area contributed by atoms with Gasteiger partial charge in [-0.2, -0.15) is 0 Å². The summed E-state index contributed by atoms with van der Waals surface area (Å²) in [5, 5.41) is 9.51. The van der Waals surface area contributed by atoms with Gasteiger partial charge in [-0.1, -0.05) is 54.9 Å². The van der Waals surface area contributed by atoms with Crippen molar-refractivity contribution in [2.45, 2.75) is 78.9 Å². The maximum atomic E-state index is 11.3. The molecule has 0 bridgehead atoms. The summed E-state index contributed by atoms with van der Waals surface area (Å²) in [4.78, 5) is 22.3. The smallest absolute Gasteiger partial charge is 0.333 e. The van der Waals surface area contributed by atoms with Crippen LogP contribution in [0, 0.1) is 5.41 Å². The molecule has 2 aliphatic rings. The number of esters is 1. The molecule has 0 unspecified atom stereocenters. The van der Waals surface area contributed by atoms with E-state index in [-0.39, 0.29) is 0 Å². The number of carbonyl (C=O) groups excluding carboxylic acids is 2. The molecule has 1 aliphatic heterocycles. The van der Waals surface area contributed by atoms with E-state index in [2.05, 4.69) is 38.5 Å². The molecule has 1 atom stereocenters. The summed E-state index contributed by atoms with van der Waals surface area (Å²) in [5.41, 5.74) is 5.95. The number of ether oxygens (including phenoxy) is 1. The zero-order chi connectivity index (χ0) is 21.4. The van der Waals surface area contributed by atoms with Crippen molar-refractivity contribution in [3.63, 3.8) is 0 Å². The van der Waals surface area contributed by atoms with E-state index in [0.717, 1.165) is 25.5 Å². The van der Waals surface area contributed by atoms with Gasteiger partial charge in [-0.05, 0) is 69.8 Å². The van der Waals surface area contributed by atoms with Crippen molar-refractivity contribution < 1.29 is 19.4 Å². The van der Waals surface area contributed by atoms with Gasteiger partial charge >= 0.3 is 5.97 Å². The molecule has 158 valence electrons. The number of carbonyl (C=O) groups is 2. The Balaban J connectivity index is 1.84. The lowest BCUT2D eigenvalue weighted by atomic mass is 9.71. The molecule has 0 saturated heterocycles. The molecule has 4 nitrogen and oxygen atoms in total. The van der Waals surface area contributed by atoms with Crippen LogP contribution in [-0.2, 0) is 14.3 Å². The van der Waals surface area contributed by atoms with Gasteiger partial charge < -0.3 is 9.84 Å². The summed E-state index contributed by atoms with van der Waals surface area (Å²) < 4.78 is 4.61. The second kappa shape index (κ2) is 10.5. The molecule has 0 aromatic carbocycles. The van der Waals surface area contributed by atoms with Crippen LogP contribution in [-0.4, -0.2) is 23.7 Å². The number of aldehydes is 1. The molecule has 1 N–H and O–H groups in total. The minimum Gasteiger partial charge on any atom is -0.428 e. The molecule has 0 saturated carbocycles. The molecule has 0 amide bonds. The number of allylic oxidation sites excluding steroid dienone is 7. The second-order valence-corrected chi connectivity index (χ2v) is 8.74. The number of cyclic esters (lactones) is 1. The summed E-state index contributed by atoms with van der Waals surface area (Å²) in [6.45, 7) is 9.18. The maximum Gasteiger partial charge on any atom is 0.333 e. The van der Waals surface area contributed by atoms with Crippen LogP contribution in [0.5, 0.6) is 0 Å². The second-order valence-electron chi connectivity index (χ2n) is 8.74. The maximum absolute atomic E-state index is 11.3. The predicted octanol–water partition coefficient (Wildman–Crippen LogP) is 5.50. The Morgan fingerprint density at radius 3 is 2.72 bits per heavy atom. The van der Waals surface area contributed by atoms with Gasteiger partial charge in [0.2, 0.25) is 6.29 Å². The van der Waals surface area contributed by atoms with Crippen molar-refractivity contribution in [2.24, 2.45) is 5.41 Å². The monoisotopic (exact) mass is 398 g/mol. The van der Waals surface area contributed by atoms with Crippen LogP contribution in [0.3, 0.4) is 0 Å². The molecule has 4 heteroatoms. The van der Waals surface area contributed by atoms with Crippen LogP contribution in [0.4, 0.5) is 0 Å². The summed E-state index contributed by atoms with van der Waals surface area (Å²) >= 11 is 0. The van der Waals surface area contributed by atoms with Crippen molar-refractivity contribution in [1.29, 1.82) is 0 Å². The van der Waals surface area contributed by atoms with Crippen LogP contribution < -0.4 is 0 Å². The van der Waals surface area contributed by atoms with Crippen LogP contribution in [0.1, 0.15) is 72.6 Å². The first-order valence-electron chi connectivity index (χ1n) is 10.5. The fourth-order valence-electron chi connectivity index (χ4n) is 4.15. The van der Waals surface area contributed by atoms with Crippen LogP contribution >= 0.6 is 0 Å². The van der Waals surface area contributed by atoms with Crippen molar-refractivity contribution in [3.05, 3.63) is 58.2 Å². The highest BCUT2D eigenvalue weighted by atomic mass is 16.6. The van der Waals surface area contributed by atoms with E-state index in [1.165, 1.54) is 30.9 Å². The van der Waals surface area contributed by atoms with Crippen molar-refractivity contribution in [2.75, 3.05) is 0 Å². The SMILES string of the molecule is CC1=C(CC/C(C)=C/CC/C(C=O)=C\C=C\C2=CC(=O)O[C@H]2O)C(C)(C)CCC1. The number of aliphatic hydroxyl groups excluding tert-OH is 1. The zero-order valence-corrected chi connectivity index (χ0v) is 18.2. The Morgan fingerprint density at radius 1 is 1.34 bits per heavy atom. The van der Waals surface area contributed by atoms with Gasteiger partial charge in [0, 0.05) is 11.6 Å². The summed E-state index contributed by atoms with van der Waals surface area (Å²) in [7, 11) is 0. The molecular weight excluding hydrogens is 364 g/mol. The quantitative estimate of drug-likeness (QED) is 0.183. The van der Waals surface area contributed by atoms with E-state index in [4.69, 9.17) is 0 Å². The van der Waals surface area contributed by atoms with Gasteiger partial charge in [0.05, 0.1) is 0 Å². The highest BCUT2D eigenvalue weighted by Crippen LogP contribution is 2.42. The Morgan fingerprint density at radius 2 is 2.10 bits per heavy atom. The van der Waals surface area contributed by atoms with Gasteiger partial charge in [-0.25, -0.2) is 4.79 Å². The number of aliphatic hydroxyl groups is 1. The van der Waals surface area contributed by atoms with Gasteiger partial charge in [-0.3, -0.25) is 4.79 Å². The van der Waals surface area contributed by atoms with Crippen LogP contribution in [0.25, 0.3) is 0 Å². The first kappa shape index (κ1) is 23.1. The fraction of sp³-hybridized carbons (Fsp3) is 0.520. The minimum absolute atomic E-state index is 0.320. The van der Waals surface area contributed by atoms with E-state index in [1.807, 2.05) is 0 Å². The lowest BCUT2D eigenvalue weighted by Gasteiger charge is -2.35. The predicted molar refractivity (Wildman–Crippen MR) is 116 cm³/mol. The highest BCUT2D eigenvalue weighted by molar-refractivity contribution is 5.86. The van der Waals surface area contributed by atoms with Crippen molar-refractivity contribution in [1.82, 2.24) is 0 Å². The van der Waals surface area contributed by atoms with Gasteiger partial charge in [-0.15, -0.1) is 0 Å². The summed E-state index contributed by atoms with van der Waals surface area (Å²) in [5.74, 6) is -0.556. The number of hydrogen-bond acceptors (Lipinski definition) is 4. The largest absolute Gasteiger partial charge is 0.428 e. The molecule has 0 spiro atoms. The van der Waals surface area contributed by atoms with E-state index >= 15 is 0 Å². The van der Waals surface area contributed by atoms with Gasteiger partial charge in [0.15, 0.2) is 0 Å². The molecule has 2 rings (SSSR count). The van der Waals surface area contributed by atoms with Gasteiger partial charge in [0.25, 0.3) is 0 Å². The van der Waals surface area contributed by atoms with Crippen LogP contribution in [0.2, 0.25) is 0 Å². The molecule has 1 heterocycles. The molecule has 1 aliphatic carbocycles. The highest BCUT2D eigenvalue weighted by Gasteiger charge is 2.27. The lowest BCUT2D eigenvalue weighted by molar-refractivity contribution is -0.150. The van der Waals surface area contributed by atoms with E-state index in [1.54, 1.807) is 29.4 Å². The lowest BCUT2D eigenvalue weighted by Crippen LogP contribution is -2.20. The molecule has 0 radical (unpaired) electrons. The van der Waals surface area contributed by atoms with Crippen molar-refractivity contribution in [3.8, 4) is 0 Å². The minimum atomic E-state index is -1.22. The normalized spacial score (nSPS) is 22.9. The first-order chi connectivity index (χ1) is 13.7. The number of rotatable bonds is 9. The topological polar surface area (TPSA) is 63.6 Å². The molecule has 0 aromatic heterocycles. The van der Waals surface area contributed by atoms with Gasteiger partial charge in [0.1, 0.15) is 6.29 Å². The van der Waals surface area contributed by atoms with Crippen molar-refractivity contribution >= 4 is 12.3 Å². The Kier molecular flexibility index (Phi) is 8.39. The fourth-order valence-corrected chi connectivity index (χ4v) is 4.15. The third-order valence-electron chi connectivity index (χ3n) is 5.93. The van der Waals surface area contributed by atoms with Crippen LogP contribution in [0.15, 0.2) is 58.2 Å². The molecule has 0 fully saturated rings. The summed E-state index contributed by atoms with van der Waals surface area (Å²) in [6.07, 6.45) is 15.5. The standard InChI is InChI=1S/C25H34O4/c1-18(13-14-22-19(2)9-7-15-25(22,3)4)8-5-10-20(17-26)11-6-12-21-16-23(27)29-24(21)28/h6,8,11-12,16-17,24,28H,5,7,9-10,13-15H2,1-4H3/b12-6+,18-8+,20-11+/t24-/m1/s1. The summed E-state index contributed by atoms with van der Waals surface area (Å²) in [6, 6.07) is 0. The first-order valence-corrected chi connectivity index (χ1v) is 10.5. The van der Waals surface area contributed by atoms with E-state index in [0.29, 0.717) is 23.0 Å². The zero-order valence-electron chi connectivity index (χ0n) is 18.2. The third-order valence-corrected chi connectivity index (χ3v) is 5.93. The molecular formula is C25H34O4. The Labute approximate surface area is 174 Å². The molecule has 0 aromatic rings. The van der Waals surface area contributed by atoms with E-state index in [9.17, 15) is 14.7 Å². The Bertz CT molecular complexity index is 775. The average Bonchev–Trinajstić information content (AvgIpc) is 2.96.